The van der Waals surface area contributed by atoms with Gasteiger partial charge in [0.15, 0.2) is 0 Å². The molecule has 0 fully saturated rings. The molecule has 0 radical (unpaired) electrons. The fourth-order valence-corrected chi connectivity index (χ4v) is 14.3. The monoisotopic (exact) mass is 1080 g/mol. The lowest BCUT2D eigenvalue weighted by atomic mass is 9.31. The summed E-state index contributed by atoms with van der Waals surface area (Å²) in [6.07, 6.45) is 0. The summed E-state index contributed by atoms with van der Waals surface area (Å²) in [5.74, 6) is 3.46. The molecule has 396 valence electrons. The van der Waals surface area contributed by atoms with Crippen LogP contribution in [-0.2, 0) is 5.41 Å². The van der Waals surface area contributed by atoms with E-state index in [0.29, 0.717) is 0 Å². The number of hydrogen-bond acceptors (Lipinski definition) is 4. The van der Waals surface area contributed by atoms with Gasteiger partial charge in [-0.2, -0.15) is 0 Å². The molecule has 84 heavy (non-hydrogen) atoms. The highest BCUT2D eigenvalue weighted by Crippen LogP contribution is 2.51. The van der Waals surface area contributed by atoms with Crippen molar-refractivity contribution in [3.63, 3.8) is 0 Å². The predicted molar refractivity (Wildman–Crippen MR) is 352 cm³/mol. The summed E-state index contributed by atoms with van der Waals surface area (Å²) in [6, 6.07) is 96.0. The van der Waals surface area contributed by atoms with Crippen molar-refractivity contribution in [3.05, 3.63) is 272 Å². The Morgan fingerprint density at radius 2 is 0.917 bits per heavy atom. The van der Waals surface area contributed by atoms with Crippen LogP contribution in [0.15, 0.2) is 261 Å². The minimum Gasteiger partial charge on any atom is -0.458 e. The first kappa shape index (κ1) is 48.5. The van der Waals surface area contributed by atoms with E-state index < -0.39 is 0 Å². The van der Waals surface area contributed by atoms with Gasteiger partial charge in [0.1, 0.15) is 23.0 Å². The maximum atomic E-state index is 7.72. The van der Waals surface area contributed by atoms with E-state index in [4.69, 9.17) is 9.47 Å². The third-order valence-electron chi connectivity index (χ3n) is 18.1. The number of aromatic nitrogens is 1. The van der Waals surface area contributed by atoms with Crippen molar-refractivity contribution in [1.82, 2.24) is 4.57 Å². The molecule has 5 nitrogen and oxygen atoms in total. The molecule has 0 spiro atoms. The van der Waals surface area contributed by atoms with E-state index in [-0.39, 0.29) is 18.8 Å². The van der Waals surface area contributed by atoms with E-state index in [0.717, 1.165) is 124 Å². The molecule has 7 heteroatoms. The van der Waals surface area contributed by atoms with Gasteiger partial charge in [0.25, 0.3) is 13.4 Å². The van der Waals surface area contributed by atoms with Crippen LogP contribution < -0.4 is 52.1 Å². The second kappa shape index (κ2) is 18.4. The van der Waals surface area contributed by atoms with E-state index in [9.17, 15) is 0 Å². The number of anilines is 6. The molecule has 0 N–H and O–H groups in total. The molecule has 12 aromatic carbocycles. The first-order valence-electron chi connectivity index (χ1n) is 29.3. The van der Waals surface area contributed by atoms with Crippen LogP contribution in [0.2, 0.25) is 0 Å². The quantitative estimate of drug-likeness (QED) is 0.155. The van der Waals surface area contributed by atoms with Crippen molar-refractivity contribution < 1.29 is 9.47 Å². The van der Waals surface area contributed by atoms with Gasteiger partial charge in [-0.05, 0) is 139 Å². The highest BCUT2D eigenvalue weighted by molar-refractivity contribution is 7.02. The normalized spacial score (nSPS) is 13.3. The molecular weight excluding hydrogens is 1020 g/mol. The van der Waals surface area contributed by atoms with Crippen LogP contribution in [0, 0.1) is 6.92 Å². The second-order valence-electron chi connectivity index (χ2n) is 24.0. The molecule has 0 aliphatic carbocycles. The molecular formula is C77H55B2N3O2. The van der Waals surface area contributed by atoms with Gasteiger partial charge >= 0.3 is 0 Å². The Labute approximate surface area is 490 Å². The molecule has 13 aromatic rings. The zero-order valence-corrected chi connectivity index (χ0v) is 47.1. The van der Waals surface area contributed by atoms with Crippen LogP contribution in [0.1, 0.15) is 31.9 Å². The Bertz CT molecular complexity index is 4820. The number of ether oxygens (including phenoxy) is 2. The van der Waals surface area contributed by atoms with E-state index in [1.807, 2.05) is 0 Å². The Hall–Kier alpha value is -10.2. The van der Waals surface area contributed by atoms with Crippen LogP contribution in [0.25, 0.3) is 60.9 Å². The second-order valence-corrected chi connectivity index (χ2v) is 24.0. The Morgan fingerprint density at radius 3 is 1.64 bits per heavy atom. The van der Waals surface area contributed by atoms with E-state index in [1.54, 1.807) is 0 Å². The summed E-state index contributed by atoms with van der Waals surface area (Å²) in [5.41, 5.74) is 26.1. The third-order valence-corrected chi connectivity index (χ3v) is 18.1. The molecule has 1 aromatic heterocycles. The van der Waals surface area contributed by atoms with Crippen LogP contribution in [0.5, 0.6) is 23.0 Å². The Morgan fingerprint density at radius 1 is 0.345 bits per heavy atom. The zero-order valence-electron chi connectivity index (χ0n) is 47.1. The highest BCUT2D eigenvalue weighted by atomic mass is 16.5. The minimum absolute atomic E-state index is 0.162. The van der Waals surface area contributed by atoms with Gasteiger partial charge in [-0.25, -0.2) is 0 Å². The molecule has 0 saturated carbocycles. The standard InChI is InChI=1S/C77H55B2N3O2/c1-48-23-22-33-56(51-28-12-7-13-29-51)76(48)82-67-47-71-62(46-61(67)79-60-34-17-21-38-70(60)83-72-42-52(41-68(82)74(72)79)49-24-8-5-9-25-49)78-59-40-39-54(80-64-36-19-15-31-57(64)58-32-16-20-37-65(58)80)45-66(59)81(63-35-18-14-30-55(63)50-26-10-6-11-27-50)69-43-53(77(2,3)4)44-73(84-71)75(69)78/h5-47H,1-4H3. The topological polar surface area (TPSA) is 29.9 Å². The Kier molecular flexibility index (Phi) is 10.6. The first-order chi connectivity index (χ1) is 41.2. The van der Waals surface area contributed by atoms with E-state index >= 15 is 0 Å². The summed E-state index contributed by atoms with van der Waals surface area (Å²) in [6.45, 7) is 8.83. The van der Waals surface area contributed by atoms with Crippen molar-refractivity contribution in [3.8, 4) is 62.1 Å². The first-order valence-corrected chi connectivity index (χ1v) is 29.3. The van der Waals surface area contributed by atoms with Crippen LogP contribution in [-0.4, -0.2) is 18.0 Å². The van der Waals surface area contributed by atoms with E-state index in [2.05, 4.69) is 303 Å². The molecule has 0 amide bonds. The Balaban J connectivity index is 0.974. The zero-order chi connectivity index (χ0) is 55.9. The van der Waals surface area contributed by atoms with Crippen LogP contribution in [0.3, 0.4) is 0 Å². The molecule has 4 aliphatic heterocycles. The third kappa shape index (κ3) is 7.24. The SMILES string of the molecule is Cc1cccc(-c2ccccc2)c1N1c2cc3c(cc2B2c4ccccc4Oc4cc(-c5ccccc5)cc1c42)B1c2ccc(-n4c5ccccc5c5ccccc54)cc2N(c2ccccc2-c2ccccc2)c2cc(C(C)(C)C)cc(c21)O3. The summed E-state index contributed by atoms with van der Waals surface area (Å²) in [7, 11) is 0. The summed E-state index contributed by atoms with van der Waals surface area (Å²) in [4.78, 5) is 5.09. The largest absolute Gasteiger partial charge is 0.458 e. The number of nitrogens with zero attached hydrogens (tertiary/aromatic N) is 3. The van der Waals surface area contributed by atoms with Crippen molar-refractivity contribution in [2.75, 3.05) is 9.80 Å². The maximum absolute atomic E-state index is 7.72. The summed E-state index contributed by atoms with van der Waals surface area (Å²) in [5, 5.41) is 2.47. The summed E-state index contributed by atoms with van der Waals surface area (Å²) >= 11 is 0. The number of hydrogen-bond donors (Lipinski definition) is 0. The highest BCUT2D eigenvalue weighted by Gasteiger charge is 2.48. The number of aryl methyl sites for hydroxylation is 1. The summed E-state index contributed by atoms with van der Waals surface area (Å²) < 4.78 is 17.4. The lowest BCUT2D eigenvalue weighted by Crippen LogP contribution is -2.63. The van der Waals surface area contributed by atoms with E-state index in [1.165, 1.54) is 38.3 Å². The molecule has 0 unspecified atom stereocenters. The lowest BCUT2D eigenvalue weighted by molar-refractivity contribution is 0.483. The molecule has 17 rings (SSSR count). The van der Waals surface area contributed by atoms with Crippen LogP contribution in [0.4, 0.5) is 34.1 Å². The van der Waals surface area contributed by atoms with Crippen molar-refractivity contribution in [2.45, 2.75) is 33.1 Å². The van der Waals surface area contributed by atoms with Crippen molar-refractivity contribution in [1.29, 1.82) is 0 Å². The van der Waals surface area contributed by atoms with Gasteiger partial charge in [0, 0.05) is 56.4 Å². The van der Waals surface area contributed by atoms with Crippen LogP contribution >= 0.6 is 0 Å². The molecule has 0 atom stereocenters. The van der Waals surface area contributed by atoms with Crippen molar-refractivity contribution in [2.24, 2.45) is 0 Å². The van der Waals surface area contributed by atoms with Gasteiger partial charge in [0.2, 0.25) is 0 Å². The molecule has 5 heterocycles. The smallest absolute Gasteiger partial charge is 0.256 e. The number of para-hydroxylation sites is 5. The van der Waals surface area contributed by atoms with Gasteiger partial charge in [-0.1, -0.05) is 215 Å². The molecule has 0 bridgehead atoms. The molecule has 4 aliphatic rings. The molecule has 0 saturated heterocycles. The van der Waals surface area contributed by atoms with Gasteiger partial charge in [0.05, 0.1) is 22.4 Å². The average Bonchev–Trinajstić information content (AvgIpc) is 0.852. The lowest BCUT2D eigenvalue weighted by Gasteiger charge is -2.44. The number of benzene rings is 12. The van der Waals surface area contributed by atoms with Gasteiger partial charge in [-0.3, -0.25) is 0 Å². The fourth-order valence-electron chi connectivity index (χ4n) is 14.3. The predicted octanol–water partition coefficient (Wildman–Crippen LogP) is 16.2. The minimum atomic E-state index is -0.222. The maximum Gasteiger partial charge on any atom is 0.256 e. The van der Waals surface area contributed by atoms with Gasteiger partial charge in [-0.15, -0.1) is 0 Å². The number of rotatable bonds is 6. The number of fused-ring (bicyclic) bond motifs is 11. The average molecular weight is 1080 g/mol. The van der Waals surface area contributed by atoms with Gasteiger partial charge < -0.3 is 23.8 Å². The fraction of sp³-hybridized carbons (Fsp3) is 0.0649. The van der Waals surface area contributed by atoms with Crippen molar-refractivity contribution >= 4 is 102 Å².